The molecule has 0 aromatic carbocycles. The molecule has 20 heavy (non-hydrogen) atoms. The summed E-state index contributed by atoms with van der Waals surface area (Å²) >= 11 is 3.38. The molecule has 0 bridgehead atoms. The van der Waals surface area contributed by atoms with Crippen molar-refractivity contribution in [1.29, 1.82) is 0 Å². The fourth-order valence-electron chi connectivity index (χ4n) is 2.03. The highest BCUT2D eigenvalue weighted by Crippen LogP contribution is 2.30. The number of halogens is 1. The zero-order chi connectivity index (χ0) is 14.8. The molecule has 1 aliphatic carbocycles. The molecular weight excluding hydrogens is 320 g/mol. The minimum absolute atomic E-state index is 0.0717. The van der Waals surface area contributed by atoms with Crippen LogP contribution in [0.25, 0.3) is 0 Å². The number of aromatic nitrogens is 2. The van der Waals surface area contributed by atoms with Crippen LogP contribution < -0.4 is 16.6 Å². The van der Waals surface area contributed by atoms with Gasteiger partial charge in [0, 0.05) is 18.6 Å². The minimum atomic E-state index is -0.248. The Morgan fingerprint density at radius 2 is 2.15 bits per heavy atom. The summed E-state index contributed by atoms with van der Waals surface area (Å²) in [4.78, 5) is 12.2. The monoisotopic (exact) mass is 342 g/mol. The molecule has 0 aliphatic heterocycles. The van der Waals surface area contributed by atoms with E-state index in [1.165, 1.54) is 12.8 Å². The lowest BCUT2D eigenvalue weighted by atomic mass is 9.94. The average Bonchev–Trinajstić information content (AvgIpc) is 3.27. The first-order chi connectivity index (χ1) is 9.49. The van der Waals surface area contributed by atoms with Gasteiger partial charge in [-0.3, -0.25) is 4.79 Å². The van der Waals surface area contributed by atoms with Gasteiger partial charge in [-0.1, -0.05) is 13.8 Å². The van der Waals surface area contributed by atoms with Crippen molar-refractivity contribution < 1.29 is 0 Å². The molecule has 0 saturated heterocycles. The highest BCUT2D eigenvalue weighted by molar-refractivity contribution is 9.10. The third-order valence-electron chi connectivity index (χ3n) is 4.15. The van der Waals surface area contributed by atoms with Crippen molar-refractivity contribution in [2.45, 2.75) is 51.6 Å². The van der Waals surface area contributed by atoms with Crippen LogP contribution in [0.5, 0.6) is 0 Å². The first-order valence-electron chi connectivity index (χ1n) is 7.27. The van der Waals surface area contributed by atoms with Gasteiger partial charge in [-0.25, -0.2) is 4.68 Å². The summed E-state index contributed by atoms with van der Waals surface area (Å²) in [6.07, 6.45) is 5.89. The maximum absolute atomic E-state index is 12.2. The van der Waals surface area contributed by atoms with Crippen molar-refractivity contribution in [3.8, 4) is 0 Å². The molecule has 1 fully saturated rings. The number of anilines is 1. The van der Waals surface area contributed by atoms with Crippen LogP contribution in [0.2, 0.25) is 0 Å². The Kier molecular flexibility index (Phi) is 4.86. The van der Waals surface area contributed by atoms with Crippen molar-refractivity contribution in [3.05, 3.63) is 21.0 Å². The van der Waals surface area contributed by atoms with E-state index in [-0.39, 0.29) is 11.1 Å². The van der Waals surface area contributed by atoms with E-state index >= 15 is 0 Å². The molecule has 0 amide bonds. The van der Waals surface area contributed by atoms with E-state index in [9.17, 15) is 4.79 Å². The van der Waals surface area contributed by atoms with Crippen LogP contribution in [-0.2, 0) is 6.54 Å². The summed E-state index contributed by atoms with van der Waals surface area (Å²) in [7, 11) is 0. The standard InChI is InChI=1S/C14H23BrN4O/c1-3-14(16,4-2)9-17-11-7-18-19(8-10-5-6-10)13(20)12(11)15/h7,10,17H,3-6,8-9,16H2,1-2H3. The molecule has 1 aromatic rings. The largest absolute Gasteiger partial charge is 0.381 e. The minimum Gasteiger partial charge on any atom is -0.381 e. The highest BCUT2D eigenvalue weighted by atomic mass is 79.9. The van der Waals surface area contributed by atoms with E-state index < -0.39 is 0 Å². The Morgan fingerprint density at radius 3 is 2.70 bits per heavy atom. The first-order valence-corrected chi connectivity index (χ1v) is 8.06. The molecule has 0 spiro atoms. The van der Waals surface area contributed by atoms with Crippen LogP contribution in [0.15, 0.2) is 15.5 Å². The Morgan fingerprint density at radius 1 is 1.50 bits per heavy atom. The predicted molar refractivity (Wildman–Crippen MR) is 84.9 cm³/mol. The molecule has 3 N–H and O–H groups in total. The topological polar surface area (TPSA) is 72.9 Å². The molecule has 1 aromatic heterocycles. The lowest BCUT2D eigenvalue weighted by Gasteiger charge is -2.27. The highest BCUT2D eigenvalue weighted by Gasteiger charge is 2.24. The van der Waals surface area contributed by atoms with Gasteiger partial charge >= 0.3 is 0 Å². The summed E-state index contributed by atoms with van der Waals surface area (Å²) < 4.78 is 2.09. The van der Waals surface area contributed by atoms with Crippen molar-refractivity contribution in [3.63, 3.8) is 0 Å². The van der Waals surface area contributed by atoms with E-state index in [0.717, 1.165) is 25.1 Å². The predicted octanol–water partition coefficient (Wildman–Crippen LogP) is 2.35. The zero-order valence-corrected chi connectivity index (χ0v) is 13.7. The molecule has 0 atom stereocenters. The second-order valence-corrected chi connectivity index (χ2v) is 6.52. The van der Waals surface area contributed by atoms with Crippen LogP contribution >= 0.6 is 15.9 Å². The summed E-state index contributed by atoms with van der Waals surface area (Å²) in [6, 6.07) is 0. The van der Waals surface area contributed by atoms with Gasteiger partial charge in [0.05, 0.1) is 11.9 Å². The molecule has 1 saturated carbocycles. The maximum atomic E-state index is 12.2. The molecule has 1 aliphatic rings. The van der Waals surface area contributed by atoms with Gasteiger partial charge in [0.25, 0.3) is 5.56 Å². The Labute approximate surface area is 128 Å². The zero-order valence-electron chi connectivity index (χ0n) is 12.2. The molecule has 0 unspecified atom stereocenters. The van der Waals surface area contributed by atoms with E-state index in [1.807, 2.05) is 0 Å². The Bertz CT molecular complexity index is 520. The fraction of sp³-hybridized carbons (Fsp3) is 0.714. The van der Waals surface area contributed by atoms with Gasteiger partial charge in [0.1, 0.15) is 4.47 Å². The van der Waals surface area contributed by atoms with Crippen LogP contribution in [0.1, 0.15) is 39.5 Å². The van der Waals surface area contributed by atoms with Gasteiger partial charge in [-0.05, 0) is 47.5 Å². The number of nitrogens with one attached hydrogen (secondary N) is 1. The molecule has 5 nitrogen and oxygen atoms in total. The Balaban J connectivity index is 2.09. The lowest BCUT2D eigenvalue weighted by molar-refractivity contribution is 0.418. The average molecular weight is 343 g/mol. The van der Waals surface area contributed by atoms with Gasteiger partial charge in [-0.15, -0.1) is 0 Å². The van der Waals surface area contributed by atoms with E-state index in [4.69, 9.17) is 5.73 Å². The number of nitrogens with two attached hydrogens (primary N) is 1. The summed E-state index contributed by atoms with van der Waals surface area (Å²) in [5, 5.41) is 7.49. The fourth-order valence-corrected chi connectivity index (χ4v) is 2.48. The maximum Gasteiger partial charge on any atom is 0.283 e. The summed E-state index contributed by atoms with van der Waals surface area (Å²) in [5.41, 5.74) is 6.66. The van der Waals surface area contributed by atoms with Crippen LogP contribution in [0.3, 0.4) is 0 Å². The third kappa shape index (κ3) is 3.61. The Hall–Kier alpha value is -0.880. The quantitative estimate of drug-likeness (QED) is 0.797. The van der Waals surface area contributed by atoms with E-state index in [0.29, 0.717) is 16.9 Å². The molecule has 6 heteroatoms. The molecular formula is C14H23BrN4O. The van der Waals surface area contributed by atoms with Crippen molar-refractivity contribution in [2.75, 3.05) is 11.9 Å². The number of rotatable bonds is 7. The number of nitrogens with zero attached hydrogens (tertiary/aromatic N) is 2. The van der Waals surface area contributed by atoms with Crippen LogP contribution in [-0.4, -0.2) is 21.9 Å². The lowest BCUT2D eigenvalue weighted by Crippen LogP contribution is -2.45. The molecule has 2 rings (SSSR count). The van der Waals surface area contributed by atoms with Crippen molar-refractivity contribution >= 4 is 21.6 Å². The van der Waals surface area contributed by atoms with Gasteiger partial charge in [-0.2, -0.15) is 5.10 Å². The second kappa shape index (κ2) is 6.26. The van der Waals surface area contributed by atoms with E-state index in [2.05, 4.69) is 40.2 Å². The van der Waals surface area contributed by atoms with Crippen molar-refractivity contribution in [2.24, 2.45) is 11.7 Å². The second-order valence-electron chi connectivity index (χ2n) is 5.73. The van der Waals surface area contributed by atoms with Crippen LogP contribution in [0, 0.1) is 5.92 Å². The SMILES string of the molecule is CCC(N)(CC)CNc1cnn(CC2CC2)c(=O)c1Br. The number of hydrogen-bond acceptors (Lipinski definition) is 4. The van der Waals surface area contributed by atoms with Gasteiger partial charge < -0.3 is 11.1 Å². The van der Waals surface area contributed by atoms with E-state index in [1.54, 1.807) is 10.9 Å². The smallest absolute Gasteiger partial charge is 0.283 e. The van der Waals surface area contributed by atoms with Gasteiger partial charge in [0.2, 0.25) is 0 Å². The van der Waals surface area contributed by atoms with Gasteiger partial charge in [0.15, 0.2) is 0 Å². The third-order valence-corrected chi connectivity index (χ3v) is 4.92. The molecule has 112 valence electrons. The van der Waals surface area contributed by atoms with Crippen molar-refractivity contribution in [1.82, 2.24) is 9.78 Å². The normalized spacial score (nSPS) is 15.4. The first kappa shape index (κ1) is 15.5. The van der Waals surface area contributed by atoms with Crippen LogP contribution in [0.4, 0.5) is 5.69 Å². The summed E-state index contributed by atoms with van der Waals surface area (Å²) in [6.45, 7) is 5.51. The summed E-state index contributed by atoms with van der Waals surface area (Å²) in [5.74, 6) is 0.628. The molecule has 0 radical (unpaired) electrons. The number of hydrogen-bond donors (Lipinski definition) is 2. The molecule has 1 heterocycles.